The van der Waals surface area contributed by atoms with Gasteiger partial charge in [-0.1, -0.05) is 0 Å². The Morgan fingerprint density at radius 2 is 2.30 bits per heavy atom. The monoisotopic (exact) mass is 271 g/mol. The van der Waals surface area contributed by atoms with Crippen molar-refractivity contribution in [3.8, 4) is 11.5 Å². The van der Waals surface area contributed by atoms with E-state index in [-0.39, 0.29) is 11.7 Å². The molecular weight excluding hydrogens is 258 g/mol. The number of hydrogen-bond acceptors (Lipinski definition) is 5. The van der Waals surface area contributed by atoms with Crippen LogP contribution in [-0.4, -0.2) is 29.3 Å². The number of hydrogen-bond donors (Lipinski definition) is 2. The Hall–Kier alpha value is -2.89. The first-order chi connectivity index (χ1) is 9.70. The third-order valence-corrected chi connectivity index (χ3v) is 2.53. The molecule has 1 amide bonds. The van der Waals surface area contributed by atoms with Crippen LogP contribution >= 0.6 is 0 Å². The Labute approximate surface area is 115 Å². The van der Waals surface area contributed by atoms with Crippen molar-refractivity contribution in [1.82, 2.24) is 10.4 Å². The van der Waals surface area contributed by atoms with Crippen molar-refractivity contribution in [2.24, 2.45) is 5.10 Å². The fourth-order valence-corrected chi connectivity index (χ4v) is 1.48. The number of aromatic hydroxyl groups is 1. The van der Waals surface area contributed by atoms with Gasteiger partial charge in [0.25, 0.3) is 5.91 Å². The van der Waals surface area contributed by atoms with Gasteiger partial charge in [0.05, 0.1) is 18.9 Å². The molecule has 0 fully saturated rings. The number of pyridine rings is 1. The lowest BCUT2D eigenvalue weighted by molar-refractivity contribution is 0.0954. The Kier molecular flexibility index (Phi) is 4.28. The summed E-state index contributed by atoms with van der Waals surface area (Å²) in [6.45, 7) is 0. The molecule has 0 unspecified atom stereocenters. The molecule has 1 aromatic heterocycles. The van der Waals surface area contributed by atoms with Gasteiger partial charge >= 0.3 is 0 Å². The van der Waals surface area contributed by atoms with E-state index in [1.54, 1.807) is 30.5 Å². The van der Waals surface area contributed by atoms with Crippen LogP contribution in [0.1, 0.15) is 15.9 Å². The van der Waals surface area contributed by atoms with Crippen LogP contribution in [0.3, 0.4) is 0 Å². The first-order valence-electron chi connectivity index (χ1n) is 5.81. The molecule has 0 aliphatic rings. The number of ether oxygens (including phenoxy) is 1. The molecule has 0 bridgehead atoms. The van der Waals surface area contributed by atoms with Crippen LogP contribution in [0, 0.1) is 0 Å². The third-order valence-electron chi connectivity index (χ3n) is 2.53. The topological polar surface area (TPSA) is 83.8 Å². The maximum Gasteiger partial charge on any atom is 0.272 e. The molecule has 20 heavy (non-hydrogen) atoms. The maximum absolute atomic E-state index is 11.7. The van der Waals surface area contributed by atoms with Crippen LogP contribution in [0.15, 0.2) is 47.8 Å². The van der Waals surface area contributed by atoms with Gasteiger partial charge in [0.15, 0.2) is 0 Å². The summed E-state index contributed by atoms with van der Waals surface area (Å²) in [5.41, 5.74) is 3.23. The standard InChI is InChI=1S/C14H13N3O3/c1-20-12-5-4-10(13(18)7-12)9-16-17-14(19)11-3-2-6-15-8-11/h2-9,18H,1H3,(H,17,19)/b16-9+. The van der Waals surface area contributed by atoms with Crippen molar-refractivity contribution in [1.29, 1.82) is 0 Å². The number of amides is 1. The zero-order chi connectivity index (χ0) is 14.4. The second kappa shape index (κ2) is 6.33. The lowest BCUT2D eigenvalue weighted by Crippen LogP contribution is -2.17. The highest BCUT2D eigenvalue weighted by molar-refractivity contribution is 5.94. The van der Waals surface area contributed by atoms with E-state index in [4.69, 9.17) is 4.74 Å². The van der Waals surface area contributed by atoms with Gasteiger partial charge in [-0.15, -0.1) is 0 Å². The molecule has 0 saturated carbocycles. The van der Waals surface area contributed by atoms with Gasteiger partial charge in [0, 0.05) is 24.0 Å². The summed E-state index contributed by atoms with van der Waals surface area (Å²) in [5, 5.41) is 13.5. The number of rotatable bonds is 4. The van der Waals surface area contributed by atoms with E-state index in [9.17, 15) is 9.90 Å². The number of benzene rings is 1. The molecule has 6 nitrogen and oxygen atoms in total. The predicted molar refractivity (Wildman–Crippen MR) is 74.0 cm³/mol. The van der Waals surface area contributed by atoms with E-state index in [2.05, 4.69) is 15.5 Å². The summed E-state index contributed by atoms with van der Waals surface area (Å²) < 4.78 is 4.97. The highest BCUT2D eigenvalue weighted by atomic mass is 16.5. The van der Waals surface area contributed by atoms with Crippen LogP contribution in [0.5, 0.6) is 11.5 Å². The summed E-state index contributed by atoms with van der Waals surface area (Å²) >= 11 is 0. The van der Waals surface area contributed by atoms with Gasteiger partial charge in [-0.05, 0) is 24.3 Å². The molecule has 1 heterocycles. The van der Waals surface area contributed by atoms with Crippen LogP contribution < -0.4 is 10.2 Å². The van der Waals surface area contributed by atoms with Gasteiger partial charge in [0.2, 0.25) is 0 Å². The van der Waals surface area contributed by atoms with E-state index in [0.717, 1.165) is 0 Å². The van der Waals surface area contributed by atoms with Gasteiger partial charge in [-0.25, -0.2) is 5.43 Å². The van der Waals surface area contributed by atoms with Crippen molar-refractivity contribution in [2.75, 3.05) is 7.11 Å². The van der Waals surface area contributed by atoms with Gasteiger partial charge in [-0.3, -0.25) is 9.78 Å². The van der Waals surface area contributed by atoms with Crippen molar-refractivity contribution in [3.05, 3.63) is 53.9 Å². The van der Waals surface area contributed by atoms with Crippen LogP contribution in [0.2, 0.25) is 0 Å². The molecule has 2 rings (SSSR count). The third kappa shape index (κ3) is 3.32. The second-order valence-corrected chi connectivity index (χ2v) is 3.87. The van der Waals surface area contributed by atoms with Crippen molar-refractivity contribution in [3.63, 3.8) is 0 Å². The summed E-state index contributed by atoms with van der Waals surface area (Å²) in [6.07, 6.45) is 4.37. The SMILES string of the molecule is COc1ccc(/C=N/NC(=O)c2cccnc2)c(O)c1. The fourth-order valence-electron chi connectivity index (χ4n) is 1.48. The summed E-state index contributed by atoms with van der Waals surface area (Å²) in [4.78, 5) is 15.5. The summed E-state index contributed by atoms with van der Waals surface area (Å²) in [6, 6.07) is 8.07. The minimum absolute atomic E-state index is 0.0173. The van der Waals surface area contributed by atoms with Crippen molar-refractivity contribution in [2.45, 2.75) is 0 Å². The Balaban J connectivity index is 2.02. The number of phenolic OH excluding ortho intramolecular Hbond substituents is 1. The Morgan fingerprint density at radius 3 is 2.95 bits per heavy atom. The average molecular weight is 271 g/mol. The van der Waals surface area contributed by atoms with E-state index >= 15 is 0 Å². The number of carbonyl (C=O) groups excluding carboxylic acids is 1. The minimum Gasteiger partial charge on any atom is -0.507 e. The van der Waals surface area contributed by atoms with Gasteiger partial charge in [-0.2, -0.15) is 5.10 Å². The van der Waals surface area contributed by atoms with Crippen LogP contribution in [-0.2, 0) is 0 Å². The summed E-state index contributed by atoms with van der Waals surface area (Å²) in [7, 11) is 1.51. The number of methoxy groups -OCH3 is 1. The van der Waals surface area contributed by atoms with Gasteiger partial charge < -0.3 is 9.84 Å². The number of hydrazone groups is 1. The molecule has 102 valence electrons. The highest BCUT2D eigenvalue weighted by Gasteiger charge is 2.03. The minimum atomic E-state index is -0.373. The molecule has 0 radical (unpaired) electrons. The molecule has 0 aliphatic carbocycles. The molecule has 0 aliphatic heterocycles. The first kappa shape index (κ1) is 13.5. The maximum atomic E-state index is 11.7. The molecule has 6 heteroatoms. The largest absolute Gasteiger partial charge is 0.507 e. The molecule has 1 aromatic carbocycles. The number of phenols is 1. The molecule has 0 atom stereocenters. The number of nitrogens with zero attached hydrogens (tertiary/aromatic N) is 2. The molecule has 2 N–H and O–H groups in total. The normalized spacial score (nSPS) is 10.4. The molecule has 2 aromatic rings. The summed E-state index contributed by atoms with van der Waals surface area (Å²) in [5.74, 6) is 0.185. The fraction of sp³-hybridized carbons (Fsp3) is 0.0714. The van der Waals surface area contributed by atoms with E-state index in [0.29, 0.717) is 16.9 Å². The Morgan fingerprint density at radius 1 is 1.45 bits per heavy atom. The number of nitrogens with one attached hydrogen (secondary N) is 1. The average Bonchev–Trinajstić information content (AvgIpc) is 2.49. The lowest BCUT2D eigenvalue weighted by Gasteiger charge is -2.03. The van der Waals surface area contributed by atoms with Crippen LogP contribution in [0.25, 0.3) is 0 Å². The second-order valence-electron chi connectivity index (χ2n) is 3.87. The smallest absolute Gasteiger partial charge is 0.272 e. The number of carbonyl (C=O) groups is 1. The lowest BCUT2D eigenvalue weighted by atomic mass is 10.2. The van der Waals surface area contributed by atoms with E-state index < -0.39 is 0 Å². The zero-order valence-corrected chi connectivity index (χ0v) is 10.8. The Bertz CT molecular complexity index is 627. The van der Waals surface area contributed by atoms with Gasteiger partial charge in [0.1, 0.15) is 11.5 Å². The molecule has 0 spiro atoms. The predicted octanol–water partition coefficient (Wildman–Crippen LogP) is 1.56. The van der Waals surface area contributed by atoms with Crippen LogP contribution in [0.4, 0.5) is 0 Å². The van der Waals surface area contributed by atoms with Crippen molar-refractivity contribution < 1.29 is 14.6 Å². The zero-order valence-electron chi connectivity index (χ0n) is 10.8. The quantitative estimate of drug-likeness (QED) is 0.653. The van der Waals surface area contributed by atoms with E-state index in [1.165, 1.54) is 25.6 Å². The molecule has 0 saturated heterocycles. The van der Waals surface area contributed by atoms with Crippen molar-refractivity contribution >= 4 is 12.1 Å². The number of aromatic nitrogens is 1. The first-order valence-corrected chi connectivity index (χ1v) is 5.81. The molecular formula is C14H13N3O3. The highest BCUT2D eigenvalue weighted by Crippen LogP contribution is 2.21. The van der Waals surface area contributed by atoms with E-state index in [1.807, 2.05) is 0 Å².